The van der Waals surface area contributed by atoms with Crippen molar-refractivity contribution < 1.29 is 18.3 Å². The average Bonchev–Trinajstić information content (AvgIpc) is 2.85. The molecule has 0 amide bonds. The van der Waals surface area contributed by atoms with Gasteiger partial charge in [-0.15, -0.1) is 11.6 Å². The van der Waals surface area contributed by atoms with Crippen LogP contribution in [0.15, 0.2) is 12.1 Å². The summed E-state index contributed by atoms with van der Waals surface area (Å²) in [4.78, 5) is 0. The van der Waals surface area contributed by atoms with Crippen molar-refractivity contribution in [2.45, 2.75) is 31.2 Å². The van der Waals surface area contributed by atoms with Crippen molar-refractivity contribution in [3.05, 3.63) is 29.3 Å². The Hall–Kier alpha value is -0.870. The topological polar surface area (TPSA) is 18.5 Å². The lowest BCUT2D eigenvalue weighted by atomic mass is 9.91. The molecule has 0 saturated carbocycles. The Kier molecular flexibility index (Phi) is 4.63. The van der Waals surface area contributed by atoms with Crippen molar-refractivity contribution in [2.24, 2.45) is 5.92 Å². The second-order valence-electron chi connectivity index (χ2n) is 4.68. The van der Waals surface area contributed by atoms with Crippen molar-refractivity contribution >= 4 is 11.6 Å². The SMILES string of the molecule is CCC1OCCC1C(Cl)c1c(F)cc(OC)cc1F. The maximum absolute atomic E-state index is 14.0. The Bertz CT molecular complexity index is 430. The number of halogens is 3. The molecule has 1 aliphatic heterocycles. The first-order valence-electron chi connectivity index (χ1n) is 6.37. The number of methoxy groups -OCH3 is 1. The van der Waals surface area contributed by atoms with Gasteiger partial charge in [0.05, 0.1) is 18.6 Å². The molecule has 1 aromatic rings. The summed E-state index contributed by atoms with van der Waals surface area (Å²) in [5, 5.41) is -0.724. The van der Waals surface area contributed by atoms with E-state index in [2.05, 4.69) is 0 Å². The molecular weight excluding hydrogens is 274 g/mol. The van der Waals surface area contributed by atoms with Crippen LogP contribution in [0.4, 0.5) is 8.78 Å². The maximum Gasteiger partial charge on any atom is 0.134 e. The van der Waals surface area contributed by atoms with Gasteiger partial charge >= 0.3 is 0 Å². The zero-order chi connectivity index (χ0) is 14.0. The van der Waals surface area contributed by atoms with Gasteiger partial charge in [0.1, 0.15) is 17.4 Å². The van der Waals surface area contributed by atoms with Crippen LogP contribution in [0.1, 0.15) is 30.7 Å². The lowest BCUT2D eigenvalue weighted by molar-refractivity contribution is 0.0860. The van der Waals surface area contributed by atoms with Gasteiger partial charge in [-0.25, -0.2) is 8.78 Å². The monoisotopic (exact) mass is 290 g/mol. The largest absolute Gasteiger partial charge is 0.497 e. The highest BCUT2D eigenvalue weighted by molar-refractivity contribution is 6.21. The van der Waals surface area contributed by atoms with E-state index in [1.807, 2.05) is 6.92 Å². The molecule has 2 nitrogen and oxygen atoms in total. The Balaban J connectivity index is 2.30. The summed E-state index contributed by atoms with van der Waals surface area (Å²) in [5.74, 6) is -1.25. The van der Waals surface area contributed by atoms with Crippen LogP contribution in [0.5, 0.6) is 5.75 Å². The second kappa shape index (κ2) is 6.06. The van der Waals surface area contributed by atoms with Crippen LogP contribution in [0, 0.1) is 17.6 Å². The van der Waals surface area contributed by atoms with Gasteiger partial charge in [0, 0.05) is 30.2 Å². The van der Waals surface area contributed by atoms with Crippen LogP contribution in [0.2, 0.25) is 0 Å². The normalized spacial score (nSPS) is 24.5. The van der Waals surface area contributed by atoms with Crippen LogP contribution in [-0.2, 0) is 4.74 Å². The van der Waals surface area contributed by atoms with Crippen LogP contribution in [0.3, 0.4) is 0 Å². The molecule has 106 valence electrons. The van der Waals surface area contributed by atoms with Gasteiger partial charge in [-0.2, -0.15) is 0 Å². The minimum atomic E-state index is -0.724. The third kappa shape index (κ3) is 2.84. The molecule has 1 fully saturated rings. The molecule has 0 radical (unpaired) electrons. The maximum atomic E-state index is 14.0. The van der Waals surface area contributed by atoms with E-state index in [9.17, 15) is 8.78 Å². The molecule has 1 aromatic carbocycles. The quantitative estimate of drug-likeness (QED) is 0.778. The van der Waals surface area contributed by atoms with Gasteiger partial charge in [0.25, 0.3) is 0 Å². The van der Waals surface area contributed by atoms with Crippen molar-refractivity contribution in [3.8, 4) is 5.75 Å². The molecule has 0 aliphatic carbocycles. The summed E-state index contributed by atoms with van der Waals surface area (Å²) in [7, 11) is 1.37. The number of hydrogen-bond donors (Lipinski definition) is 0. The molecule has 0 aromatic heterocycles. The van der Waals surface area contributed by atoms with E-state index >= 15 is 0 Å². The molecule has 3 atom stereocenters. The first kappa shape index (κ1) is 14.5. The van der Waals surface area contributed by atoms with Crippen LogP contribution in [-0.4, -0.2) is 19.8 Å². The molecule has 1 saturated heterocycles. The number of rotatable bonds is 4. The summed E-state index contributed by atoms with van der Waals surface area (Å²) in [5.41, 5.74) is -0.0867. The summed E-state index contributed by atoms with van der Waals surface area (Å²) < 4.78 is 38.3. The molecule has 5 heteroatoms. The highest BCUT2D eigenvalue weighted by Crippen LogP contribution is 2.41. The molecule has 0 N–H and O–H groups in total. The van der Waals surface area contributed by atoms with Gasteiger partial charge in [0.2, 0.25) is 0 Å². The number of alkyl halides is 1. The lowest BCUT2D eigenvalue weighted by Gasteiger charge is -2.23. The Morgan fingerprint density at radius 3 is 2.58 bits per heavy atom. The summed E-state index contributed by atoms with van der Waals surface area (Å²) in [6.45, 7) is 2.57. The predicted octanol–water partition coefficient (Wildman–Crippen LogP) is 4.07. The van der Waals surface area contributed by atoms with E-state index < -0.39 is 17.0 Å². The fourth-order valence-electron chi connectivity index (χ4n) is 2.58. The second-order valence-corrected chi connectivity index (χ2v) is 5.15. The Morgan fingerprint density at radius 2 is 2.05 bits per heavy atom. The zero-order valence-corrected chi connectivity index (χ0v) is 11.7. The van der Waals surface area contributed by atoms with Crippen LogP contribution < -0.4 is 4.74 Å². The van der Waals surface area contributed by atoms with E-state index in [0.717, 1.165) is 25.0 Å². The summed E-state index contributed by atoms with van der Waals surface area (Å²) in [6, 6.07) is 2.31. The van der Waals surface area contributed by atoms with E-state index in [0.29, 0.717) is 6.61 Å². The fraction of sp³-hybridized carbons (Fsp3) is 0.571. The van der Waals surface area contributed by atoms with Gasteiger partial charge < -0.3 is 9.47 Å². The third-order valence-electron chi connectivity index (χ3n) is 3.60. The Labute approximate surface area is 116 Å². The molecular formula is C14H17ClF2O2. The average molecular weight is 291 g/mol. The lowest BCUT2D eigenvalue weighted by Crippen LogP contribution is -2.20. The first-order valence-corrected chi connectivity index (χ1v) is 6.80. The Morgan fingerprint density at radius 1 is 1.42 bits per heavy atom. The van der Waals surface area contributed by atoms with Crippen molar-refractivity contribution in [1.29, 1.82) is 0 Å². The number of hydrogen-bond acceptors (Lipinski definition) is 2. The highest BCUT2D eigenvalue weighted by Gasteiger charge is 2.36. The minimum Gasteiger partial charge on any atom is -0.497 e. The molecule has 0 bridgehead atoms. The fourth-order valence-corrected chi connectivity index (χ4v) is 3.07. The zero-order valence-electron chi connectivity index (χ0n) is 11.0. The van der Waals surface area contributed by atoms with E-state index in [1.54, 1.807) is 0 Å². The smallest absolute Gasteiger partial charge is 0.134 e. The van der Waals surface area contributed by atoms with Crippen molar-refractivity contribution in [3.63, 3.8) is 0 Å². The molecule has 2 rings (SSSR count). The standard InChI is InChI=1S/C14H17ClF2O2/c1-3-12-9(4-5-19-12)14(15)13-10(16)6-8(18-2)7-11(13)17/h6-7,9,12,14H,3-5H2,1-2H3. The van der Waals surface area contributed by atoms with Crippen LogP contribution >= 0.6 is 11.6 Å². The highest BCUT2D eigenvalue weighted by atomic mass is 35.5. The molecule has 3 unspecified atom stereocenters. The van der Waals surface area contributed by atoms with Gasteiger partial charge in [-0.05, 0) is 12.8 Å². The molecule has 1 heterocycles. The predicted molar refractivity (Wildman–Crippen MR) is 69.6 cm³/mol. The van der Waals surface area contributed by atoms with Crippen molar-refractivity contribution in [1.82, 2.24) is 0 Å². The molecule has 19 heavy (non-hydrogen) atoms. The van der Waals surface area contributed by atoms with Crippen molar-refractivity contribution in [2.75, 3.05) is 13.7 Å². The number of ether oxygens (including phenoxy) is 2. The van der Waals surface area contributed by atoms with Crippen LogP contribution in [0.25, 0.3) is 0 Å². The summed E-state index contributed by atoms with van der Waals surface area (Å²) >= 11 is 6.29. The van der Waals surface area contributed by atoms with E-state index in [4.69, 9.17) is 21.1 Å². The first-order chi connectivity index (χ1) is 9.08. The third-order valence-corrected chi connectivity index (χ3v) is 4.14. The van der Waals surface area contributed by atoms with Gasteiger partial charge in [0.15, 0.2) is 0 Å². The van der Waals surface area contributed by atoms with Gasteiger partial charge in [-0.1, -0.05) is 6.92 Å². The summed E-state index contributed by atoms with van der Waals surface area (Å²) in [6.07, 6.45) is 1.47. The minimum absolute atomic E-state index is 0.0385. The molecule has 0 spiro atoms. The van der Waals surface area contributed by atoms with E-state index in [1.165, 1.54) is 7.11 Å². The van der Waals surface area contributed by atoms with E-state index in [-0.39, 0.29) is 23.3 Å². The van der Waals surface area contributed by atoms with Gasteiger partial charge in [-0.3, -0.25) is 0 Å². The number of benzene rings is 1. The molecule has 1 aliphatic rings.